The molecule has 0 atom stereocenters. The normalized spacial score (nSPS) is 11.5. The number of halogens is 2. The zero-order valence-corrected chi connectivity index (χ0v) is 19.6. The first kappa shape index (κ1) is 23.9. The summed E-state index contributed by atoms with van der Waals surface area (Å²) in [4.78, 5) is 25.0. The molecule has 2 N–H and O–H groups in total. The molecule has 0 saturated heterocycles. The summed E-state index contributed by atoms with van der Waals surface area (Å²) in [5.74, 6) is -0.738. The lowest BCUT2D eigenvalue weighted by Crippen LogP contribution is -2.15. The number of hydrogen-bond donors (Lipinski definition) is 2. The van der Waals surface area contributed by atoms with Gasteiger partial charge in [0.25, 0.3) is 22.4 Å². The van der Waals surface area contributed by atoms with Crippen LogP contribution in [-0.2, 0) is 10.0 Å². The number of fused-ring (bicyclic) bond motifs is 1. The van der Waals surface area contributed by atoms with Gasteiger partial charge in [0.1, 0.15) is 11.3 Å². The molecule has 0 spiro atoms. The van der Waals surface area contributed by atoms with Gasteiger partial charge in [0.05, 0.1) is 16.8 Å². The average molecular weight is 522 g/mol. The summed E-state index contributed by atoms with van der Waals surface area (Å²) in [6.45, 7) is 0. The van der Waals surface area contributed by atoms with E-state index in [0.29, 0.717) is 5.56 Å². The molecule has 5 rings (SSSR count). The summed E-state index contributed by atoms with van der Waals surface area (Å²) in [5, 5.41) is 6.55. The highest BCUT2D eigenvalue weighted by atomic mass is 32.2. The predicted molar refractivity (Wildman–Crippen MR) is 131 cm³/mol. The van der Waals surface area contributed by atoms with Crippen molar-refractivity contribution in [2.75, 3.05) is 10.0 Å². The molecule has 0 saturated carbocycles. The SMILES string of the molecule is O=C(Nc1ccc(S(=O)(=O)Nc2ncccn2)cc1)c1cnn2c(C(F)F)cc(-c3ccccc3)nc12. The summed E-state index contributed by atoms with van der Waals surface area (Å²) < 4.78 is 55.8. The van der Waals surface area contributed by atoms with Gasteiger partial charge in [0.15, 0.2) is 5.65 Å². The number of anilines is 2. The second-order valence-electron chi connectivity index (χ2n) is 7.68. The highest BCUT2D eigenvalue weighted by Gasteiger charge is 2.22. The monoisotopic (exact) mass is 521 g/mol. The molecule has 3 aromatic heterocycles. The number of sulfonamides is 1. The van der Waals surface area contributed by atoms with Crippen LogP contribution in [-0.4, -0.2) is 38.9 Å². The zero-order chi connectivity index (χ0) is 26.0. The lowest BCUT2D eigenvalue weighted by molar-refractivity contribution is 0.102. The van der Waals surface area contributed by atoms with Gasteiger partial charge in [0.2, 0.25) is 5.95 Å². The van der Waals surface area contributed by atoms with Crippen molar-refractivity contribution in [1.29, 1.82) is 0 Å². The zero-order valence-electron chi connectivity index (χ0n) is 18.8. The predicted octanol–water partition coefficient (Wildman–Crippen LogP) is 4.18. The van der Waals surface area contributed by atoms with E-state index in [2.05, 4.69) is 30.1 Å². The number of aromatic nitrogens is 5. The second kappa shape index (κ2) is 9.70. The molecule has 186 valence electrons. The number of nitrogens with one attached hydrogen (secondary N) is 2. The van der Waals surface area contributed by atoms with E-state index in [0.717, 1.165) is 10.7 Å². The number of nitrogens with zero attached hydrogens (tertiary/aromatic N) is 5. The maximum atomic E-state index is 13.8. The van der Waals surface area contributed by atoms with Gasteiger partial charge in [-0.1, -0.05) is 30.3 Å². The van der Waals surface area contributed by atoms with Crippen LogP contribution in [0, 0.1) is 0 Å². The maximum absolute atomic E-state index is 13.8. The molecule has 10 nitrogen and oxygen atoms in total. The average Bonchev–Trinajstić information content (AvgIpc) is 3.33. The van der Waals surface area contributed by atoms with Gasteiger partial charge in [-0.05, 0) is 36.4 Å². The fraction of sp³-hybridized carbons (Fsp3) is 0.0417. The standard InChI is InChI=1S/C24H17F2N7O3S/c25-21(26)20-13-19(15-5-2-1-3-6-15)31-22-18(14-29-33(20)22)23(34)30-16-7-9-17(10-8-16)37(35,36)32-24-27-11-4-12-28-24/h1-14,21H,(H,30,34)(H,27,28,32). The number of amides is 1. The number of carbonyl (C=O) groups is 1. The highest BCUT2D eigenvalue weighted by molar-refractivity contribution is 7.92. The molecule has 0 bridgehead atoms. The molecule has 3 heterocycles. The van der Waals surface area contributed by atoms with Crippen LogP contribution < -0.4 is 10.0 Å². The van der Waals surface area contributed by atoms with Crippen molar-refractivity contribution in [2.24, 2.45) is 0 Å². The third-order valence-corrected chi connectivity index (χ3v) is 6.60. The van der Waals surface area contributed by atoms with Crippen LogP contribution >= 0.6 is 0 Å². The molecule has 5 aromatic rings. The summed E-state index contributed by atoms with van der Waals surface area (Å²) in [6.07, 6.45) is 1.09. The molecule has 13 heteroatoms. The van der Waals surface area contributed by atoms with E-state index in [4.69, 9.17) is 0 Å². The molecule has 0 aliphatic heterocycles. The molecule has 2 aromatic carbocycles. The Hall–Kier alpha value is -4.78. The van der Waals surface area contributed by atoms with Crippen LogP contribution in [0.15, 0.2) is 90.2 Å². The maximum Gasteiger partial charge on any atom is 0.280 e. The van der Waals surface area contributed by atoms with Crippen molar-refractivity contribution < 1.29 is 22.0 Å². The molecular formula is C24H17F2N7O3S. The Morgan fingerprint density at radius 2 is 1.65 bits per heavy atom. The minimum absolute atomic E-state index is 0.0285. The van der Waals surface area contributed by atoms with Crippen LogP contribution in [0.2, 0.25) is 0 Å². The van der Waals surface area contributed by atoms with Crippen molar-refractivity contribution in [2.45, 2.75) is 11.3 Å². The fourth-order valence-corrected chi connectivity index (χ4v) is 4.46. The summed E-state index contributed by atoms with van der Waals surface area (Å²) >= 11 is 0. The van der Waals surface area contributed by atoms with E-state index in [1.165, 1.54) is 42.7 Å². The Morgan fingerprint density at radius 1 is 0.946 bits per heavy atom. The summed E-state index contributed by atoms with van der Waals surface area (Å²) in [7, 11) is -3.96. The van der Waals surface area contributed by atoms with Gasteiger partial charge in [-0.3, -0.25) is 4.79 Å². The molecule has 37 heavy (non-hydrogen) atoms. The molecular weight excluding hydrogens is 504 g/mol. The summed E-state index contributed by atoms with van der Waals surface area (Å²) in [6, 6.07) is 16.9. The number of benzene rings is 2. The minimum atomic E-state index is -3.96. The van der Waals surface area contributed by atoms with Crippen molar-refractivity contribution in [3.05, 3.63) is 96.6 Å². The smallest absolute Gasteiger partial charge is 0.280 e. The number of carbonyl (C=O) groups excluding carboxylic acids is 1. The van der Waals surface area contributed by atoms with E-state index >= 15 is 0 Å². The van der Waals surface area contributed by atoms with Gasteiger partial charge in [-0.25, -0.2) is 41.4 Å². The van der Waals surface area contributed by atoms with E-state index in [-0.39, 0.29) is 33.4 Å². The van der Waals surface area contributed by atoms with Crippen LogP contribution in [0.5, 0.6) is 0 Å². The van der Waals surface area contributed by atoms with Crippen LogP contribution in [0.4, 0.5) is 20.4 Å². The largest absolute Gasteiger partial charge is 0.322 e. The van der Waals surface area contributed by atoms with E-state index in [1.807, 2.05) is 0 Å². The molecule has 0 radical (unpaired) electrons. The Balaban J connectivity index is 1.41. The Kier molecular flexibility index (Phi) is 6.27. The van der Waals surface area contributed by atoms with Crippen molar-refractivity contribution >= 4 is 33.2 Å². The number of alkyl halides is 2. The highest BCUT2D eigenvalue weighted by Crippen LogP contribution is 2.27. The lowest BCUT2D eigenvalue weighted by Gasteiger charge is -2.09. The third kappa shape index (κ3) is 4.97. The first-order chi connectivity index (χ1) is 17.8. The number of rotatable bonds is 7. The topological polar surface area (TPSA) is 131 Å². The van der Waals surface area contributed by atoms with Gasteiger partial charge < -0.3 is 5.32 Å². The molecule has 0 fully saturated rings. The van der Waals surface area contributed by atoms with E-state index < -0.39 is 28.0 Å². The second-order valence-corrected chi connectivity index (χ2v) is 9.37. The molecule has 0 aliphatic rings. The lowest BCUT2D eigenvalue weighted by atomic mass is 10.1. The Labute approximate surface area is 209 Å². The molecule has 0 aliphatic carbocycles. The van der Waals surface area contributed by atoms with Crippen molar-refractivity contribution in [3.63, 3.8) is 0 Å². The first-order valence-electron chi connectivity index (χ1n) is 10.8. The fourth-order valence-electron chi connectivity index (χ4n) is 3.51. The van der Waals surface area contributed by atoms with Gasteiger partial charge in [-0.15, -0.1) is 0 Å². The van der Waals surface area contributed by atoms with Crippen molar-refractivity contribution in [3.8, 4) is 11.3 Å². The first-order valence-corrected chi connectivity index (χ1v) is 12.2. The summed E-state index contributed by atoms with van der Waals surface area (Å²) in [5.41, 5.74) is 0.660. The molecule has 1 amide bonds. The van der Waals surface area contributed by atoms with Crippen LogP contribution in [0.25, 0.3) is 16.9 Å². The quantitative estimate of drug-likeness (QED) is 0.329. The van der Waals surface area contributed by atoms with Crippen LogP contribution in [0.1, 0.15) is 22.5 Å². The number of hydrogen-bond acceptors (Lipinski definition) is 7. The van der Waals surface area contributed by atoms with Gasteiger partial charge in [0, 0.05) is 23.6 Å². The Bertz CT molecular complexity index is 1680. The Morgan fingerprint density at radius 3 is 2.32 bits per heavy atom. The van der Waals surface area contributed by atoms with Crippen LogP contribution in [0.3, 0.4) is 0 Å². The minimum Gasteiger partial charge on any atom is -0.322 e. The van der Waals surface area contributed by atoms with Gasteiger partial charge >= 0.3 is 0 Å². The van der Waals surface area contributed by atoms with Gasteiger partial charge in [-0.2, -0.15) is 5.10 Å². The molecule has 0 unspecified atom stereocenters. The van der Waals surface area contributed by atoms with E-state index in [9.17, 15) is 22.0 Å². The third-order valence-electron chi connectivity index (χ3n) is 5.25. The van der Waals surface area contributed by atoms with E-state index in [1.54, 1.807) is 36.4 Å². The van der Waals surface area contributed by atoms with Crippen molar-refractivity contribution in [1.82, 2.24) is 24.6 Å².